The molecule has 0 heterocycles. The predicted molar refractivity (Wildman–Crippen MR) is 64.0 cm³/mol. The van der Waals surface area contributed by atoms with Gasteiger partial charge in [0.05, 0.1) is 7.11 Å². The van der Waals surface area contributed by atoms with E-state index >= 15 is 0 Å². The molecule has 0 aromatic heterocycles. The second kappa shape index (κ2) is 7.42. The third-order valence-electron chi connectivity index (χ3n) is 2.65. The van der Waals surface area contributed by atoms with Crippen molar-refractivity contribution < 1.29 is 14.3 Å². The van der Waals surface area contributed by atoms with Gasteiger partial charge in [0, 0.05) is 18.3 Å². The van der Waals surface area contributed by atoms with Crippen LogP contribution in [-0.2, 0) is 14.3 Å². The van der Waals surface area contributed by atoms with Crippen molar-refractivity contribution in [3.63, 3.8) is 0 Å². The molecular formula is C13H24O3. The van der Waals surface area contributed by atoms with Crippen molar-refractivity contribution in [2.24, 2.45) is 17.8 Å². The third-order valence-corrected chi connectivity index (χ3v) is 2.65. The predicted octanol–water partition coefficient (Wildman–Crippen LogP) is 2.83. The van der Waals surface area contributed by atoms with Crippen LogP contribution in [0.25, 0.3) is 0 Å². The number of hydrogen-bond donors (Lipinski definition) is 0. The number of carbonyl (C=O) groups excluding carboxylic acids is 2. The van der Waals surface area contributed by atoms with Crippen LogP contribution < -0.4 is 0 Å². The van der Waals surface area contributed by atoms with E-state index in [4.69, 9.17) is 0 Å². The first-order chi connectivity index (χ1) is 7.38. The van der Waals surface area contributed by atoms with Gasteiger partial charge in [0.2, 0.25) is 0 Å². The van der Waals surface area contributed by atoms with Gasteiger partial charge >= 0.3 is 5.97 Å². The number of Topliss-reactive ketones (excluding diaryl/α,β-unsaturated/α-hetero) is 1. The number of rotatable bonds is 7. The van der Waals surface area contributed by atoms with Gasteiger partial charge in [-0.3, -0.25) is 9.59 Å². The van der Waals surface area contributed by atoms with Gasteiger partial charge in [-0.05, 0) is 18.8 Å². The molecule has 0 aromatic carbocycles. The Morgan fingerprint density at radius 3 is 2.06 bits per heavy atom. The Bertz CT molecular complexity index is 231. The summed E-state index contributed by atoms with van der Waals surface area (Å²) in [7, 11) is 1.38. The minimum absolute atomic E-state index is 0.000833. The van der Waals surface area contributed by atoms with E-state index in [0.29, 0.717) is 18.8 Å². The van der Waals surface area contributed by atoms with E-state index in [-0.39, 0.29) is 23.6 Å². The molecular weight excluding hydrogens is 204 g/mol. The monoisotopic (exact) mass is 228 g/mol. The molecule has 3 nitrogen and oxygen atoms in total. The lowest BCUT2D eigenvalue weighted by molar-refractivity contribution is -0.141. The Balaban J connectivity index is 4.32. The third kappa shape index (κ3) is 5.89. The van der Waals surface area contributed by atoms with Gasteiger partial charge in [-0.1, -0.05) is 27.7 Å². The van der Waals surface area contributed by atoms with Crippen molar-refractivity contribution in [3.05, 3.63) is 0 Å². The van der Waals surface area contributed by atoms with Crippen LogP contribution in [0.3, 0.4) is 0 Å². The molecule has 0 aliphatic rings. The zero-order valence-electron chi connectivity index (χ0n) is 11.1. The average Bonchev–Trinajstić information content (AvgIpc) is 2.21. The van der Waals surface area contributed by atoms with Crippen LogP contribution in [0, 0.1) is 17.8 Å². The topological polar surface area (TPSA) is 43.4 Å². The quantitative estimate of drug-likeness (QED) is 0.629. The van der Waals surface area contributed by atoms with E-state index in [0.717, 1.165) is 6.42 Å². The van der Waals surface area contributed by atoms with E-state index in [1.165, 1.54) is 7.11 Å². The standard InChI is InChI=1S/C13H24O3/c1-9(2)8-11(13(15)10(3)4)6-7-12(14)16-5/h9-11H,6-8H2,1-5H3. The molecule has 0 aliphatic carbocycles. The van der Waals surface area contributed by atoms with Crippen LogP contribution in [0.2, 0.25) is 0 Å². The van der Waals surface area contributed by atoms with E-state index in [1.54, 1.807) is 0 Å². The van der Waals surface area contributed by atoms with E-state index in [2.05, 4.69) is 18.6 Å². The lowest BCUT2D eigenvalue weighted by Crippen LogP contribution is -2.22. The summed E-state index contributed by atoms with van der Waals surface area (Å²) in [6.45, 7) is 8.01. The molecule has 0 bridgehead atoms. The molecule has 0 N–H and O–H groups in total. The molecule has 0 saturated carbocycles. The minimum atomic E-state index is -0.231. The van der Waals surface area contributed by atoms with Crippen molar-refractivity contribution in [1.29, 1.82) is 0 Å². The Morgan fingerprint density at radius 2 is 1.69 bits per heavy atom. The van der Waals surface area contributed by atoms with Gasteiger partial charge in [0.25, 0.3) is 0 Å². The minimum Gasteiger partial charge on any atom is -0.469 e. The van der Waals surface area contributed by atoms with E-state index in [9.17, 15) is 9.59 Å². The number of esters is 1. The van der Waals surface area contributed by atoms with Gasteiger partial charge in [0.1, 0.15) is 5.78 Å². The van der Waals surface area contributed by atoms with Gasteiger partial charge in [-0.2, -0.15) is 0 Å². The van der Waals surface area contributed by atoms with Crippen LogP contribution in [0.5, 0.6) is 0 Å². The number of methoxy groups -OCH3 is 1. The molecule has 0 amide bonds. The summed E-state index contributed by atoms with van der Waals surface area (Å²) < 4.78 is 4.60. The lowest BCUT2D eigenvalue weighted by atomic mass is 9.85. The summed E-state index contributed by atoms with van der Waals surface area (Å²) in [5.41, 5.74) is 0. The van der Waals surface area contributed by atoms with Crippen LogP contribution in [0.1, 0.15) is 47.0 Å². The van der Waals surface area contributed by atoms with Gasteiger partial charge in [0.15, 0.2) is 0 Å². The first-order valence-electron chi connectivity index (χ1n) is 5.99. The van der Waals surface area contributed by atoms with Crippen molar-refractivity contribution in [2.75, 3.05) is 7.11 Å². The maximum absolute atomic E-state index is 11.9. The zero-order chi connectivity index (χ0) is 12.7. The van der Waals surface area contributed by atoms with Crippen molar-refractivity contribution in [3.8, 4) is 0 Å². The molecule has 0 radical (unpaired) electrons. The van der Waals surface area contributed by atoms with Crippen molar-refractivity contribution in [2.45, 2.75) is 47.0 Å². The van der Waals surface area contributed by atoms with Gasteiger partial charge < -0.3 is 4.74 Å². The Labute approximate surface area is 98.6 Å². The molecule has 94 valence electrons. The Morgan fingerprint density at radius 1 is 1.12 bits per heavy atom. The molecule has 0 aromatic rings. The highest BCUT2D eigenvalue weighted by Gasteiger charge is 2.22. The van der Waals surface area contributed by atoms with Crippen LogP contribution in [0.4, 0.5) is 0 Å². The molecule has 1 atom stereocenters. The molecule has 16 heavy (non-hydrogen) atoms. The fourth-order valence-electron chi connectivity index (χ4n) is 1.81. The highest BCUT2D eigenvalue weighted by molar-refractivity contribution is 5.83. The lowest BCUT2D eigenvalue weighted by Gasteiger charge is -2.19. The summed E-state index contributed by atoms with van der Waals surface area (Å²) in [6.07, 6.45) is 1.81. The highest BCUT2D eigenvalue weighted by Crippen LogP contribution is 2.21. The zero-order valence-corrected chi connectivity index (χ0v) is 11.1. The first kappa shape index (κ1) is 15.1. The second-order valence-corrected chi connectivity index (χ2v) is 5.00. The maximum Gasteiger partial charge on any atom is 0.305 e. The normalized spacial score (nSPS) is 12.9. The second-order valence-electron chi connectivity index (χ2n) is 5.00. The molecule has 0 fully saturated rings. The SMILES string of the molecule is COC(=O)CCC(CC(C)C)C(=O)C(C)C. The first-order valence-corrected chi connectivity index (χ1v) is 5.99. The Kier molecular flexibility index (Phi) is 7.02. The molecule has 1 unspecified atom stereocenters. The fraction of sp³-hybridized carbons (Fsp3) is 0.846. The van der Waals surface area contributed by atoms with Gasteiger partial charge in [-0.25, -0.2) is 0 Å². The van der Waals surface area contributed by atoms with Crippen LogP contribution in [0.15, 0.2) is 0 Å². The van der Waals surface area contributed by atoms with Crippen molar-refractivity contribution >= 4 is 11.8 Å². The van der Waals surface area contributed by atoms with E-state index in [1.807, 2.05) is 13.8 Å². The summed E-state index contributed by atoms with van der Waals surface area (Å²) in [4.78, 5) is 23.0. The van der Waals surface area contributed by atoms with Crippen molar-refractivity contribution in [1.82, 2.24) is 0 Å². The van der Waals surface area contributed by atoms with Gasteiger partial charge in [-0.15, -0.1) is 0 Å². The smallest absolute Gasteiger partial charge is 0.305 e. The largest absolute Gasteiger partial charge is 0.469 e. The highest BCUT2D eigenvalue weighted by atomic mass is 16.5. The van der Waals surface area contributed by atoms with E-state index < -0.39 is 0 Å². The summed E-state index contributed by atoms with van der Waals surface area (Å²) in [5, 5.41) is 0. The van der Waals surface area contributed by atoms with Crippen LogP contribution in [-0.4, -0.2) is 18.9 Å². The number of carbonyl (C=O) groups is 2. The average molecular weight is 228 g/mol. The number of ether oxygens (including phenoxy) is 1. The molecule has 3 heteroatoms. The number of hydrogen-bond acceptors (Lipinski definition) is 3. The maximum atomic E-state index is 11.9. The molecule has 0 saturated heterocycles. The fourth-order valence-corrected chi connectivity index (χ4v) is 1.81. The molecule has 0 spiro atoms. The molecule has 0 aliphatic heterocycles. The van der Waals surface area contributed by atoms with Crippen LogP contribution >= 0.6 is 0 Å². The summed E-state index contributed by atoms with van der Waals surface area (Å²) in [5.74, 6) is 0.550. The summed E-state index contributed by atoms with van der Waals surface area (Å²) >= 11 is 0. The Hall–Kier alpha value is -0.860. The summed E-state index contributed by atoms with van der Waals surface area (Å²) in [6, 6.07) is 0. The number of ketones is 1. The molecule has 0 rings (SSSR count).